The number of nitrogens with zero attached hydrogens (tertiary/aromatic N) is 1. The summed E-state index contributed by atoms with van der Waals surface area (Å²) in [4.78, 5) is 139. The first-order chi connectivity index (χ1) is 55.9. The molecule has 8 amide bonds. The zero-order valence-corrected chi connectivity index (χ0v) is 65.7. The van der Waals surface area contributed by atoms with Gasteiger partial charge in [-0.15, -0.1) is 0 Å². The number of carbonyl (C=O) groups excluding carboxylic acids is 9. The third-order valence-electron chi connectivity index (χ3n) is 20.6. The van der Waals surface area contributed by atoms with Gasteiger partial charge in [0.2, 0.25) is 59.3 Å². The van der Waals surface area contributed by atoms with Crippen LogP contribution in [0.3, 0.4) is 0 Å². The predicted octanol–water partition coefficient (Wildman–Crippen LogP) is 6.39. The third kappa shape index (κ3) is 19.2. The van der Waals surface area contributed by atoms with Crippen LogP contribution in [0, 0.1) is 5.92 Å². The number of likely N-dealkylation sites (N-methyl/N-ethyl adjacent to an activating group) is 1. The molecule has 117 heavy (non-hydrogen) atoms. The number of halogens is 2. The summed E-state index contributed by atoms with van der Waals surface area (Å²) in [5, 5.41) is 118. The molecule has 7 aliphatic heterocycles. The van der Waals surface area contributed by atoms with Crippen molar-refractivity contribution >= 4 is 76.4 Å². The van der Waals surface area contributed by atoms with Gasteiger partial charge in [0.05, 0.1) is 17.2 Å². The van der Waals surface area contributed by atoms with Crippen molar-refractivity contribution < 1.29 is 112 Å². The summed E-state index contributed by atoms with van der Waals surface area (Å²) in [6.07, 6.45) is -5.80. The molecule has 17 N–H and O–H groups in total. The highest BCUT2D eigenvalue weighted by molar-refractivity contribution is 6.33. The van der Waals surface area contributed by atoms with E-state index in [0.29, 0.717) is 37.3 Å². The number of carbonyl (C=O) groups is 9. The Hall–Kier alpha value is -11.7. The lowest BCUT2D eigenvalue weighted by Gasteiger charge is -2.41. The molecule has 0 aliphatic carbocycles. The van der Waals surface area contributed by atoms with Crippen molar-refractivity contribution in [1.29, 1.82) is 0 Å². The highest BCUT2D eigenvalue weighted by Crippen LogP contribution is 2.50. The minimum atomic E-state index is -2.35. The summed E-state index contributed by atoms with van der Waals surface area (Å²) in [7, 11) is 6.03. The number of ether oxygens (including phenoxy) is 6. The van der Waals surface area contributed by atoms with E-state index in [1.165, 1.54) is 61.6 Å². The largest absolute Gasteiger partial charge is 0.508 e. The van der Waals surface area contributed by atoms with Gasteiger partial charge in [-0.1, -0.05) is 99.5 Å². The molecule has 14 rings (SSSR count). The molecule has 1 fully saturated rings. The number of aliphatic hydroxyl groups excluding tert-OH is 3. The molecule has 620 valence electrons. The van der Waals surface area contributed by atoms with Crippen molar-refractivity contribution in [2.24, 2.45) is 5.92 Å². The highest BCUT2D eigenvalue weighted by atomic mass is 35.5. The van der Waals surface area contributed by atoms with Gasteiger partial charge in [0.15, 0.2) is 29.1 Å². The van der Waals surface area contributed by atoms with E-state index in [1.54, 1.807) is 14.1 Å². The minimum Gasteiger partial charge on any atom is -0.508 e. The van der Waals surface area contributed by atoms with Gasteiger partial charge in [-0.3, -0.25) is 38.4 Å². The Morgan fingerprint density at radius 2 is 1.24 bits per heavy atom. The number of fused-ring (bicyclic) bond motifs is 14. The molecule has 0 unspecified atom stereocenters. The van der Waals surface area contributed by atoms with Crippen LogP contribution in [-0.4, -0.2) is 183 Å². The van der Waals surface area contributed by atoms with Crippen molar-refractivity contribution in [2.45, 2.75) is 151 Å². The van der Waals surface area contributed by atoms with E-state index in [9.17, 15) is 60.0 Å². The van der Waals surface area contributed by atoms with Crippen LogP contribution in [-0.2, 0) is 59.0 Å². The number of rotatable bonds is 18. The number of phenols is 5. The van der Waals surface area contributed by atoms with Crippen molar-refractivity contribution in [3.63, 3.8) is 0 Å². The van der Waals surface area contributed by atoms with Crippen LogP contribution in [0.25, 0.3) is 11.1 Å². The molecule has 0 saturated carbocycles. The van der Waals surface area contributed by atoms with E-state index in [4.69, 9.17) is 51.6 Å². The van der Waals surface area contributed by atoms with Gasteiger partial charge in [0.1, 0.15) is 107 Å². The molecule has 0 aromatic heterocycles. The molecule has 33 nitrogen and oxygen atoms in total. The summed E-state index contributed by atoms with van der Waals surface area (Å²) in [5.41, 5.74) is -1.97. The SMILES string of the molecule is CN[C@H]1C(=O)N[C@@H]2Cc3ccc(cc3)Oc3cc4cc(c3O[C@@H]3O[C@H](C(=O)OC)[C@@H](O)[C@H](O)[C@H]3NC(=O)CCCCCCCC(C)C)Oc3ccc(cc3Cl)[C@@H](O)[C@@H]3NC(=O)[C@H](NC(=O)[C@@H]4NC(=O)[C@@H](NC2=O)c2cc(cc(O)c2Cl)Oc2cc1ccc2O)c1ccc(O)c(c1)-c1c(O)cc(O)cc1[C@H](C(=O)NCCCN(C)C)NC3=O. The lowest BCUT2D eigenvalue weighted by atomic mass is 9.89. The van der Waals surface area contributed by atoms with Crippen LogP contribution in [0.15, 0.2) is 115 Å². The van der Waals surface area contributed by atoms with E-state index in [2.05, 4.69) is 61.7 Å². The van der Waals surface area contributed by atoms with Crippen LogP contribution in [0.1, 0.15) is 140 Å². The second kappa shape index (κ2) is 36.6. The smallest absolute Gasteiger partial charge is 0.337 e. The number of methoxy groups -OCH3 is 1. The molecule has 7 aromatic carbocycles. The quantitative estimate of drug-likeness (QED) is 0.0327. The molecule has 0 radical (unpaired) electrons. The molecule has 1 saturated heterocycles. The zero-order chi connectivity index (χ0) is 84.0. The Morgan fingerprint density at radius 1 is 0.590 bits per heavy atom. The topological polar surface area (TPSA) is 482 Å². The minimum absolute atomic E-state index is 0.00528. The van der Waals surface area contributed by atoms with Gasteiger partial charge >= 0.3 is 5.97 Å². The van der Waals surface area contributed by atoms with Crippen molar-refractivity contribution in [1.82, 2.24) is 52.8 Å². The Kier molecular flexibility index (Phi) is 26.5. The summed E-state index contributed by atoms with van der Waals surface area (Å²) in [6, 6.07) is 7.27. The van der Waals surface area contributed by atoms with Crippen LogP contribution in [0.5, 0.6) is 69.0 Å². The maximum atomic E-state index is 16.6. The molecule has 7 aromatic rings. The van der Waals surface area contributed by atoms with E-state index < -0.39 is 205 Å². The number of unbranched alkanes of at least 4 members (excludes halogenated alkanes) is 4. The van der Waals surface area contributed by atoms with Gasteiger partial charge in [-0.25, -0.2) is 4.79 Å². The van der Waals surface area contributed by atoms with Crippen LogP contribution in [0.4, 0.5) is 0 Å². The summed E-state index contributed by atoms with van der Waals surface area (Å²) in [6.45, 7) is 4.74. The molecule has 7 heterocycles. The number of aromatic hydroxyl groups is 5. The lowest BCUT2D eigenvalue weighted by Crippen LogP contribution is -2.66. The average Bonchev–Trinajstić information content (AvgIpc) is 0.766. The Balaban J connectivity index is 1.09. The van der Waals surface area contributed by atoms with Gasteiger partial charge in [-0.05, 0) is 153 Å². The van der Waals surface area contributed by atoms with Crippen molar-refractivity contribution in [2.75, 3.05) is 41.3 Å². The maximum Gasteiger partial charge on any atom is 0.337 e. The first-order valence-electron chi connectivity index (χ1n) is 37.9. The van der Waals surface area contributed by atoms with Crippen LogP contribution < -0.4 is 66.8 Å². The average molecular weight is 1650 g/mol. The maximum absolute atomic E-state index is 16.6. The Labute approximate surface area is 680 Å². The van der Waals surface area contributed by atoms with Crippen LogP contribution >= 0.6 is 23.2 Å². The number of amides is 8. The summed E-state index contributed by atoms with van der Waals surface area (Å²) < 4.78 is 37.7. The van der Waals surface area contributed by atoms with Gasteiger partial charge in [0, 0.05) is 48.2 Å². The van der Waals surface area contributed by atoms with E-state index in [-0.39, 0.29) is 70.2 Å². The molecular formula is C82H90Cl2N10O23. The zero-order valence-electron chi connectivity index (χ0n) is 64.2. The molecule has 0 spiro atoms. The molecule has 13 atom stereocenters. The van der Waals surface area contributed by atoms with Crippen molar-refractivity contribution in [3.05, 3.63) is 164 Å². The number of hydrogen-bond acceptors (Lipinski definition) is 25. The van der Waals surface area contributed by atoms with Crippen LogP contribution in [0.2, 0.25) is 10.0 Å². The first kappa shape index (κ1) is 84.7. The summed E-state index contributed by atoms with van der Waals surface area (Å²) in [5.74, 6) is -15.7. The summed E-state index contributed by atoms with van der Waals surface area (Å²) >= 11 is 14.2. The number of hydrogen-bond donors (Lipinski definition) is 17. The number of nitrogens with one attached hydrogen (secondary N) is 9. The van der Waals surface area contributed by atoms with Gasteiger partial charge < -0.3 is 122 Å². The van der Waals surface area contributed by atoms with Crippen molar-refractivity contribution in [3.8, 4) is 80.1 Å². The fraction of sp³-hybridized carbons (Fsp3) is 0.378. The first-order valence-corrected chi connectivity index (χ1v) is 38.6. The normalized spacial score (nSPS) is 23.2. The molecule has 17 bridgehead atoms. The molecule has 7 aliphatic rings. The second-order valence-electron chi connectivity index (χ2n) is 29.7. The van der Waals surface area contributed by atoms with E-state index >= 15 is 24.0 Å². The lowest BCUT2D eigenvalue weighted by molar-refractivity contribution is -0.242. The van der Waals surface area contributed by atoms with E-state index in [0.717, 1.165) is 93.5 Å². The molecule has 35 heteroatoms. The fourth-order valence-corrected chi connectivity index (χ4v) is 14.9. The Bertz CT molecular complexity index is 4980. The van der Waals surface area contributed by atoms with E-state index in [1.807, 2.05) is 4.90 Å². The predicted molar refractivity (Wildman–Crippen MR) is 419 cm³/mol. The highest BCUT2D eigenvalue weighted by Gasteiger charge is 2.51. The standard InChI is InChI=1S/C82H90Cl2N10O23/c1-37(2)13-10-8-7-9-11-14-59(100)88-68-70(102)71(103)73(81(111)112-6)117-82(68)116-72-57-31-42-32-58(72)115-55-24-19-41(29-49(55)83)69(101)67-80(110)92-65(75(105)86-25-12-26-94(4)5)47-33-43(95)34-53(98)60(47)46-28-39(17-22-51(46)96)63(77(107)93-67)89-78(108)64(42)90-79(109)66-48-35-45(36-54(99)61(48)84)114-56-30-40(18-23-52(56)97)62(85-3)76(106)87-50(74(104)91-66)27-38-15-20-44(113-57)21-16-38/h15-24,28-37,50,62-71,73,82,85,95-99,101-103H,7-14,25-27H2,1-6H3,(H,86,105)(H,87,106)(H,88,100)(H,89,108)(H,90,109)(H,91,104)(H,92,110)(H,93,107)/t50-,62-,63-,64-,65-,66+,67+,68-,69-,70-,71+,73+,82-/m1/s1. The Morgan fingerprint density at radius 3 is 1.95 bits per heavy atom. The fourth-order valence-electron chi connectivity index (χ4n) is 14.5. The number of esters is 1. The number of aliphatic hydroxyl groups is 3. The van der Waals surface area contributed by atoms with Gasteiger partial charge in [0.25, 0.3) is 0 Å². The number of benzene rings is 7. The molecular weight excluding hydrogens is 1560 g/mol. The van der Waals surface area contributed by atoms with Gasteiger partial charge in [-0.2, -0.15) is 0 Å². The second-order valence-corrected chi connectivity index (χ2v) is 30.5. The third-order valence-corrected chi connectivity index (χ3v) is 21.3. The monoisotopic (exact) mass is 1650 g/mol. The number of phenolic OH excluding ortho intramolecular Hbond substituents is 5.